The predicted molar refractivity (Wildman–Crippen MR) is 94.8 cm³/mol. The van der Waals surface area contributed by atoms with Crippen LogP contribution in [-0.4, -0.2) is 40.1 Å². The van der Waals surface area contributed by atoms with Gasteiger partial charge in [0, 0.05) is 5.56 Å². The Labute approximate surface area is 151 Å². The number of hydrogen-bond donors (Lipinski definition) is 2. The van der Waals surface area contributed by atoms with Gasteiger partial charge in [-0.2, -0.15) is 10.2 Å². The molecule has 8 heteroatoms. The number of anilines is 1. The second kappa shape index (κ2) is 8.19. The first kappa shape index (κ1) is 19.0. The summed E-state index contributed by atoms with van der Waals surface area (Å²) in [4.78, 5) is 36.2. The lowest BCUT2D eigenvalue weighted by Crippen LogP contribution is -2.37. The van der Waals surface area contributed by atoms with Crippen molar-refractivity contribution in [1.29, 1.82) is 0 Å². The normalized spacial score (nSPS) is 10.7. The van der Waals surface area contributed by atoms with Crippen molar-refractivity contribution in [2.75, 3.05) is 11.9 Å². The summed E-state index contributed by atoms with van der Waals surface area (Å²) in [5.41, 5.74) is 0.217. The van der Waals surface area contributed by atoms with Gasteiger partial charge in [-0.3, -0.25) is 9.59 Å². The highest BCUT2D eigenvalue weighted by Crippen LogP contribution is 2.17. The third kappa shape index (κ3) is 5.66. The van der Waals surface area contributed by atoms with Crippen molar-refractivity contribution < 1.29 is 19.1 Å². The number of carbonyl (C=O) groups is 3. The van der Waals surface area contributed by atoms with Crippen LogP contribution in [0.4, 0.5) is 10.5 Å². The van der Waals surface area contributed by atoms with Gasteiger partial charge in [0.2, 0.25) is 5.91 Å². The van der Waals surface area contributed by atoms with E-state index in [1.54, 1.807) is 51.1 Å². The van der Waals surface area contributed by atoms with Gasteiger partial charge in [-0.25, -0.2) is 4.79 Å². The minimum atomic E-state index is -0.707. The van der Waals surface area contributed by atoms with Crippen molar-refractivity contribution in [3.05, 3.63) is 53.9 Å². The molecular weight excluding hydrogens is 336 g/mol. The summed E-state index contributed by atoms with van der Waals surface area (Å²) in [6, 6.07) is 8.61. The van der Waals surface area contributed by atoms with E-state index in [-0.39, 0.29) is 23.6 Å². The Morgan fingerprint density at radius 1 is 1.04 bits per heavy atom. The van der Waals surface area contributed by atoms with E-state index < -0.39 is 17.6 Å². The molecule has 0 saturated heterocycles. The zero-order chi connectivity index (χ0) is 19.2. The Kier molecular flexibility index (Phi) is 6.00. The SMILES string of the molecule is CC(C)(C)OC(=O)NCC(=O)Nc1cnncc1C(=O)c1ccccc1. The summed E-state index contributed by atoms with van der Waals surface area (Å²) < 4.78 is 5.05. The second-order valence-electron chi connectivity index (χ2n) is 6.42. The topological polar surface area (TPSA) is 110 Å². The molecule has 0 radical (unpaired) electrons. The molecule has 0 spiro atoms. The highest BCUT2D eigenvalue weighted by atomic mass is 16.6. The Morgan fingerprint density at radius 2 is 1.69 bits per heavy atom. The van der Waals surface area contributed by atoms with Crippen molar-refractivity contribution >= 4 is 23.5 Å². The number of ether oxygens (including phenoxy) is 1. The van der Waals surface area contributed by atoms with E-state index in [1.807, 2.05) is 0 Å². The smallest absolute Gasteiger partial charge is 0.408 e. The number of hydrogen-bond acceptors (Lipinski definition) is 6. The van der Waals surface area contributed by atoms with E-state index in [9.17, 15) is 14.4 Å². The molecular formula is C18H20N4O4. The van der Waals surface area contributed by atoms with Crippen molar-refractivity contribution in [2.45, 2.75) is 26.4 Å². The first-order valence-electron chi connectivity index (χ1n) is 7.93. The monoisotopic (exact) mass is 356 g/mol. The number of alkyl carbamates (subject to hydrolysis) is 1. The van der Waals surface area contributed by atoms with E-state index in [0.29, 0.717) is 5.56 Å². The van der Waals surface area contributed by atoms with Gasteiger partial charge in [0.1, 0.15) is 12.1 Å². The molecule has 0 saturated carbocycles. The standard InChI is InChI=1S/C18H20N4O4/c1-18(2,3)26-17(25)19-11-15(23)22-14-10-21-20-9-13(14)16(24)12-7-5-4-6-8-12/h4-10H,11H2,1-3H3,(H,19,25)(H,20,22,23). The molecule has 1 aromatic carbocycles. The predicted octanol–water partition coefficient (Wildman–Crippen LogP) is 2.17. The van der Waals surface area contributed by atoms with Crippen LogP contribution in [0.2, 0.25) is 0 Å². The van der Waals surface area contributed by atoms with Gasteiger partial charge < -0.3 is 15.4 Å². The molecule has 26 heavy (non-hydrogen) atoms. The number of ketones is 1. The average molecular weight is 356 g/mol. The van der Waals surface area contributed by atoms with E-state index >= 15 is 0 Å². The maximum Gasteiger partial charge on any atom is 0.408 e. The van der Waals surface area contributed by atoms with Crippen LogP contribution in [0.1, 0.15) is 36.7 Å². The molecule has 0 fully saturated rings. The van der Waals surface area contributed by atoms with Crippen LogP contribution in [0.3, 0.4) is 0 Å². The van der Waals surface area contributed by atoms with Gasteiger partial charge in [0.15, 0.2) is 5.78 Å². The van der Waals surface area contributed by atoms with Crippen LogP contribution in [0.5, 0.6) is 0 Å². The second-order valence-corrected chi connectivity index (χ2v) is 6.42. The average Bonchev–Trinajstić information content (AvgIpc) is 2.59. The summed E-state index contributed by atoms with van der Waals surface area (Å²) in [6.45, 7) is 4.85. The fourth-order valence-electron chi connectivity index (χ4n) is 2.01. The number of nitrogens with zero attached hydrogens (tertiary/aromatic N) is 2. The third-order valence-electron chi connectivity index (χ3n) is 3.08. The van der Waals surface area contributed by atoms with Gasteiger partial charge in [0.25, 0.3) is 0 Å². The summed E-state index contributed by atoms with van der Waals surface area (Å²) in [7, 11) is 0. The first-order valence-corrected chi connectivity index (χ1v) is 7.93. The maximum absolute atomic E-state index is 12.6. The molecule has 2 amide bonds. The van der Waals surface area contributed by atoms with Crippen molar-refractivity contribution in [1.82, 2.24) is 15.5 Å². The van der Waals surface area contributed by atoms with Crippen molar-refractivity contribution in [2.24, 2.45) is 0 Å². The van der Waals surface area contributed by atoms with E-state index in [0.717, 1.165) is 0 Å². The number of nitrogens with one attached hydrogen (secondary N) is 2. The lowest BCUT2D eigenvalue weighted by molar-refractivity contribution is -0.115. The minimum absolute atomic E-state index is 0.205. The first-order chi connectivity index (χ1) is 12.3. The molecule has 0 aliphatic rings. The molecule has 1 aromatic heterocycles. The van der Waals surface area contributed by atoms with E-state index in [4.69, 9.17) is 4.74 Å². The third-order valence-corrected chi connectivity index (χ3v) is 3.08. The Balaban J connectivity index is 2.03. The zero-order valence-corrected chi connectivity index (χ0v) is 14.8. The van der Waals surface area contributed by atoms with Gasteiger partial charge in [0.05, 0.1) is 23.6 Å². The lowest BCUT2D eigenvalue weighted by Gasteiger charge is -2.19. The van der Waals surface area contributed by atoms with Crippen molar-refractivity contribution in [3.63, 3.8) is 0 Å². The summed E-state index contributed by atoms with van der Waals surface area (Å²) >= 11 is 0. The number of carbonyl (C=O) groups excluding carboxylic acids is 3. The maximum atomic E-state index is 12.6. The van der Waals surface area contributed by atoms with Gasteiger partial charge in [-0.1, -0.05) is 30.3 Å². The Morgan fingerprint density at radius 3 is 2.35 bits per heavy atom. The van der Waals surface area contributed by atoms with Crippen LogP contribution < -0.4 is 10.6 Å². The minimum Gasteiger partial charge on any atom is -0.444 e. The van der Waals surface area contributed by atoms with Crippen LogP contribution in [0, 0.1) is 0 Å². The number of benzene rings is 1. The van der Waals surface area contributed by atoms with Crippen LogP contribution in [0.15, 0.2) is 42.7 Å². The largest absolute Gasteiger partial charge is 0.444 e. The fourth-order valence-corrected chi connectivity index (χ4v) is 2.01. The number of amides is 2. The number of rotatable bonds is 5. The zero-order valence-electron chi connectivity index (χ0n) is 14.8. The summed E-state index contributed by atoms with van der Waals surface area (Å²) in [5, 5.41) is 12.3. The van der Waals surface area contributed by atoms with E-state index in [1.165, 1.54) is 12.4 Å². The quantitative estimate of drug-likeness (QED) is 0.795. The summed E-state index contributed by atoms with van der Waals surface area (Å²) in [6.07, 6.45) is 1.86. The molecule has 0 unspecified atom stereocenters. The van der Waals surface area contributed by atoms with Gasteiger partial charge in [-0.05, 0) is 20.8 Å². The molecule has 0 atom stereocenters. The van der Waals surface area contributed by atoms with Crippen LogP contribution in [0.25, 0.3) is 0 Å². The molecule has 2 N–H and O–H groups in total. The fraction of sp³-hybridized carbons (Fsp3) is 0.278. The highest BCUT2D eigenvalue weighted by molar-refractivity contribution is 6.13. The molecule has 136 valence electrons. The van der Waals surface area contributed by atoms with Crippen molar-refractivity contribution in [3.8, 4) is 0 Å². The Bertz CT molecular complexity index is 800. The van der Waals surface area contributed by atoms with E-state index in [2.05, 4.69) is 20.8 Å². The molecule has 2 rings (SSSR count). The Hall–Kier alpha value is -3.29. The molecule has 0 bridgehead atoms. The summed E-state index contributed by atoms with van der Waals surface area (Å²) in [5.74, 6) is -0.818. The molecule has 0 aliphatic heterocycles. The lowest BCUT2D eigenvalue weighted by atomic mass is 10.0. The molecule has 0 aliphatic carbocycles. The van der Waals surface area contributed by atoms with Crippen LogP contribution >= 0.6 is 0 Å². The van der Waals surface area contributed by atoms with Gasteiger partial charge >= 0.3 is 6.09 Å². The molecule has 1 heterocycles. The number of aromatic nitrogens is 2. The highest BCUT2D eigenvalue weighted by Gasteiger charge is 2.18. The molecule has 2 aromatic rings. The molecule has 8 nitrogen and oxygen atoms in total. The van der Waals surface area contributed by atoms with Gasteiger partial charge in [-0.15, -0.1) is 0 Å². The van der Waals surface area contributed by atoms with Crippen LogP contribution in [-0.2, 0) is 9.53 Å².